The van der Waals surface area contributed by atoms with Crippen LogP contribution in [0.25, 0.3) is 0 Å². The van der Waals surface area contributed by atoms with Crippen molar-refractivity contribution in [3.8, 4) is 0 Å². The second kappa shape index (κ2) is 14.0. The first-order chi connectivity index (χ1) is 12.6. The maximum absolute atomic E-state index is 4.37. The van der Waals surface area contributed by atoms with E-state index in [1.165, 1.54) is 71.6 Å². The van der Waals surface area contributed by atoms with E-state index in [9.17, 15) is 0 Å². The van der Waals surface area contributed by atoms with Crippen LogP contribution in [-0.2, 0) is 0 Å². The quantitative estimate of drug-likeness (QED) is 0.233. The summed E-state index contributed by atoms with van der Waals surface area (Å²) in [6.45, 7) is 16.4. The molecule has 2 aliphatic rings. The van der Waals surface area contributed by atoms with E-state index in [1.807, 2.05) is 7.05 Å². The Bertz CT molecular complexity index is 403. The molecule has 2 heterocycles. The number of likely N-dealkylation sites (N-methyl/N-ethyl adjacent to an activating group) is 1. The van der Waals surface area contributed by atoms with Gasteiger partial charge >= 0.3 is 0 Å². The van der Waals surface area contributed by atoms with Gasteiger partial charge in [0.25, 0.3) is 0 Å². The van der Waals surface area contributed by atoms with Gasteiger partial charge in [0.2, 0.25) is 0 Å². The highest BCUT2D eigenvalue weighted by atomic mass is 127. The van der Waals surface area contributed by atoms with Gasteiger partial charge in [-0.2, -0.15) is 0 Å². The normalized spacial score (nSPS) is 22.3. The van der Waals surface area contributed by atoms with Gasteiger partial charge in [0, 0.05) is 52.9 Å². The standard InChI is InChI=1S/C20H42N6.HI/c1-18-6-10-25(11-7-18)9-5-8-22-20(21-3)23-16-19(2)17-26-14-12-24(4)13-15-26;/h18-19H,5-17H2,1-4H3,(H2,21,22,23);1H. The van der Waals surface area contributed by atoms with Crippen molar-refractivity contribution in [1.82, 2.24) is 25.3 Å². The van der Waals surface area contributed by atoms with Crippen LogP contribution in [0.15, 0.2) is 4.99 Å². The highest BCUT2D eigenvalue weighted by Crippen LogP contribution is 2.15. The van der Waals surface area contributed by atoms with Gasteiger partial charge < -0.3 is 25.3 Å². The van der Waals surface area contributed by atoms with Gasteiger partial charge in [0.1, 0.15) is 0 Å². The molecular weight excluding hydrogens is 451 g/mol. The molecule has 1 atom stereocenters. The Morgan fingerprint density at radius 1 is 1.04 bits per heavy atom. The van der Waals surface area contributed by atoms with Crippen molar-refractivity contribution in [2.75, 3.05) is 79.5 Å². The van der Waals surface area contributed by atoms with Crippen LogP contribution in [0.4, 0.5) is 0 Å². The number of piperidine rings is 1. The van der Waals surface area contributed by atoms with E-state index < -0.39 is 0 Å². The van der Waals surface area contributed by atoms with Crippen LogP contribution in [0.1, 0.15) is 33.1 Å². The lowest BCUT2D eigenvalue weighted by atomic mass is 9.99. The fourth-order valence-electron chi connectivity index (χ4n) is 3.82. The molecule has 2 aliphatic heterocycles. The zero-order valence-electron chi connectivity index (χ0n) is 18.0. The zero-order chi connectivity index (χ0) is 18.8. The van der Waals surface area contributed by atoms with E-state index in [-0.39, 0.29) is 24.0 Å². The Morgan fingerprint density at radius 2 is 1.70 bits per heavy atom. The second-order valence-corrected chi connectivity index (χ2v) is 8.47. The van der Waals surface area contributed by atoms with Crippen LogP contribution < -0.4 is 10.6 Å². The summed E-state index contributed by atoms with van der Waals surface area (Å²) in [5, 5.41) is 6.97. The Balaban J connectivity index is 0.00000364. The number of nitrogens with zero attached hydrogens (tertiary/aromatic N) is 4. The molecule has 0 amide bonds. The summed E-state index contributed by atoms with van der Waals surface area (Å²) in [6, 6.07) is 0. The number of nitrogens with one attached hydrogen (secondary N) is 2. The average molecular weight is 495 g/mol. The minimum atomic E-state index is 0. The minimum Gasteiger partial charge on any atom is -0.356 e. The molecule has 0 aliphatic carbocycles. The van der Waals surface area contributed by atoms with Crippen LogP contribution in [-0.4, -0.2) is 100 Å². The second-order valence-electron chi connectivity index (χ2n) is 8.47. The van der Waals surface area contributed by atoms with Gasteiger partial charge in [-0.1, -0.05) is 13.8 Å². The summed E-state index contributed by atoms with van der Waals surface area (Å²) in [5.41, 5.74) is 0. The maximum atomic E-state index is 4.37. The molecule has 7 heteroatoms. The number of likely N-dealkylation sites (tertiary alicyclic amines) is 1. The lowest BCUT2D eigenvalue weighted by molar-refractivity contribution is 0.139. The van der Waals surface area contributed by atoms with Gasteiger partial charge in [-0.05, 0) is 57.8 Å². The first-order valence-corrected chi connectivity index (χ1v) is 10.6. The summed E-state index contributed by atoms with van der Waals surface area (Å²) < 4.78 is 0. The molecule has 0 saturated carbocycles. The molecule has 0 bridgehead atoms. The highest BCUT2D eigenvalue weighted by Gasteiger charge is 2.16. The predicted octanol–water partition coefficient (Wildman–Crippen LogP) is 1.77. The Hall–Kier alpha value is -0.120. The first kappa shape index (κ1) is 24.9. The summed E-state index contributed by atoms with van der Waals surface area (Å²) in [4.78, 5) is 12.0. The largest absolute Gasteiger partial charge is 0.356 e. The van der Waals surface area contributed by atoms with E-state index in [1.54, 1.807) is 0 Å². The molecule has 160 valence electrons. The molecule has 0 aromatic heterocycles. The first-order valence-electron chi connectivity index (χ1n) is 10.6. The fourth-order valence-corrected chi connectivity index (χ4v) is 3.82. The zero-order valence-corrected chi connectivity index (χ0v) is 20.4. The molecule has 1 unspecified atom stereocenters. The Labute approximate surface area is 184 Å². The molecule has 0 radical (unpaired) electrons. The van der Waals surface area contributed by atoms with Crippen molar-refractivity contribution in [2.45, 2.75) is 33.1 Å². The van der Waals surface area contributed by atoms with E-state index in [2.05, 4.69) is 51.2 Å². The molecule has 2 N–H and O–H groups in total. The van der Waals surface area contributed by atoms with Crippen LogP contribution in [0.3, 0.4) is 0 Å². The predicted molar refractivity (Wildman–Crippen MR) is 127 cm³/mol. The lowest BCUT2D eigenvalue weighted by Gasteiger charge is -2.34. The number of aliphatic imine (C=N–C) groups is 1. The monoisotopic (exact) mass is 494 g/mol. The molecule has 0 aromatic rings. The topological polar surface area (TPSA) is 46.1 Å². The molecule has 0 spiro atoms. The number of guanidine groups is 1. The molecule has 2 rings (SSSR count). The summed E-state index contributed by atoms with van der Waals surface area (Å²) >= 11 is 0. The molecule has 0 aromatic carbocycles. The minimum absolute atomic E-state index is 0. The van der Waals surface area contributed by atoms with E-state index in [0.717, 1.165) is 25.0 Å². The Kier molecular flexibility index (Phi) is 12.9. The number of piperazine rings is 1. The van der Waals surface area contributed by atoms with Crippen molar-refractivity contribution >= 4 is 29.9 Å². The molecule has 6 nitrogen and oxygen atoms in total. The number of halogens is 1. The Morgan fingerprint density at radius 3 is 2.33 bits per heavy atom. The smallest absolute Gasteiger partial charge is 0.190 e. The molecular formula is C20H43IN6. The summed E-state index contributed by atoms with van der Waals surface area (Å²) in [5.74, 6) is 2.50. The third-order valence-electron chi connectivity index (χ3n) is 5.83. The maximum Gasteiger partial charge on any atom is 0.190 e. The van der Waals surface area contributed by atoms with Gasteiger partial charge in [-0.15, -0.1) is 24.0 Å². The van der Waals surface area contributed by atoms with Gasteiger partial charge in [-0.25, -0.2) is 0 Å². The molecule has 27 heavy (non-hydrogen) atoms. The SMILES string of the molecule is CN=C(NCCCN1CCC(C)CC1)NCC(C)CN1CCN(C)CC1.I. The third kappa shape index (κ3) is 10.3. The van der Waals surface area contributed by atoms with E-state index in [4.69, 9.17) is 0 Å². The average Bonchev–Trinajstić information content (AvgIpc) is 2.64. The summed E-state index contributed by atoms with van der Waals surface area (Å²) in [6.07, 6.45) is 3.91. The summed E-state index contributed by atoms with van der Waals surface area (Å²) in [7, 11) is 4.08. The molecule has 2 saturated heterocycles. The van der Waals surface area contributed by atoms with Gasteiger partial charge in [-0.3, -0.25) is 4.99 Å². The van der Waals surface area contributed by atoms with Crippen LogP contribution in [0, 0.1) is 11.8 Å². The van der Waals surface area contributed by atoms with Crippen LogP contribution >= 0.6 is 24.0 Å². The number of hydrogen-bond donors (Lipinski definition) is 2. The van der Waals surface area contributed by atoms with Crippen molar-refractivity contribution in [3.63, 3.8) is 0 Å². The molecule has 2 fully saturated rings. The van der Waals surface area contributed by atoms with Gasteiger partial charge in [0.05, 0.1) is 0 Å². The van der Waals surface area contributed by atoms with Crippen LogP contribution in [0.5, 0.6) is 0 Å². The lowest BCUT2D eigenvalue weighted by Crippen LogP contribution is -2.47. The van der Waals surface area contributed by atoms with E-state index in [0.29, 0.717) is 5.92 Å². The highest BCUT2D eigenvalue weighted by molar-refractivity contribution is 14.0. The number of hydrogen-bond acceptors (Lipinski definition) is 4. The third-order valence-corrected chi connectivity index (χ3v) is 5.83. The van der Waals surface area contributed by atoms with Crippen molar-refractivity contribution in [3.05, 3.63) is 0 Å². The van der Waals surface area contributed by atoms with Crippen molar-refractivity contribution in [2.24, 2.45) is 16.8 Å². The van der Waals surface area contributed by atoms with E-state index >= 15 is 0 Å². The van der Waals surface area contributed by atoms with Gasteiger partial charge in [0.15, 0.2) is 5.96 Å². The van der Waals surface area contributed by atoms with Crippen molar-refractivity contribution < 1.29 is 0 Å². The number of rotatable bonds is 8. The fraction of sp³-hybridized carbons (Fsp3) is 0.950. The van der Waals surface area contributed by atoms with Crippen LogP contribution in [0.2, 0.25) is 0 Å². The van der Waals surface area contributed by atoms with Crippen molar-refractivity contribution in [1.29, 1.82) is 0 Å².